The summed E-state index contributed by atoms with van der Waals surface area (Å²) < 4.78 is 68.8. The van der Waals surface area contributed by atoms with E-state index in [4.69, 9.17) is 5.11 Å². The van der Waals surface area contributed by atoms with Gasteiger partial charge in [0.05, 0.1) is 23.0 Å². The van der Waals surface area contributed by atoms with E-state index < -0.39 is 38.7 Å². The largest absolute Gasteiger partial charge is 0.481 e. The number of aromatic nitrogens is 1. The minimum Gasteiger partial charge on any atom is -0.481 e. The average Bonchev–Trinajstić information content (AvgIpc) is 3.44. The van der Waals surface area contributed by atoms with Gasteiger partial charge in [0, 0.05) is 55.3 Å². The number of nitrogens with zero attached hydrogens (tertiary/aromatic N) is 2. The number of aliphatic hydroxyl groups excluding tert-OH is 1. The number of alkyl halides is 3. The molecule has 2 heterocycles. The highest BCUT2D eigenvalue weighted by molar-refractivity contribution is 8.02. The molecule has 0 saturated carbocycles. The van der Waals surface area contributed by atoms with E-state index in [9.17, 15) is 31.5 Å². The Kier molecular flexibility index (Phi) is 11.6. The van der Waals surface area contributed by atoms with Crippen LogP contribution in [0.2, 0.25) is 0 Å². The molecule has 3 N–H and O–H groups in total. The zero-order valence-corrected chi connectivity index (χ0v) is 25.5. The summed E-state index contributed by atoms with van der Waals surface area (Å²) >= 11 is 1.81. The number of hydrogen-bond acceptors (Lipinski definition) is 7. The molecule has 0 spiro atoms. The molecule has 232 valence electrons. The van der Waals surface area contributed by atoms with E-state index in [1.807, 2.05) is 13.8 Å². The van der Waals surface area contributed by atoms with E-state index in [1.165, 1.54) is 25.4 Å². The van der Waals surface area contributed by atoms with Crippen molar-refractivity contribution in [1.29, 1.82) is 0 Å². The number of hydrogen-bond donors (Lipinski definition) is 3. The molecule has 3 rings (SSSR count). The first-order chi connectivity index (χ1) is 19.6. The summed E-state index contributed by atoms with van der Waals surface area (Å²) in [7, 11) is -3.18. The first kappa shape index (κ1) is 34.0. The van der Waals surface area contributed by atoms with Crippen LogP contribution in [0.4, 0.5) is 13.2 Å². The Morgan fingerprint density at radius 1 is 1.21 bits per heavy atom. The first-order valence-electron chi connectivity index (χ1n) is 13.6. The molecule has 0 fully saturated rings. The molecule has 1 aromatic carbocycles. The number of β-amino-alcohol motifs (C(OH)–C–C–N with tert-alkyl or cyclic N) is 1. The van der Waals surface area contributed by atoms with E-state index in [1.54, 1.807) is 11.8 Å². The predicted octanol–water partition coefficient (Wildman–Crippen LogP) is 5.18. The molecular formula is C29H38F3N3O5S2. The predicted molar refractivity (Wildman–Crippen MR) is 157 cm³/mol. The third-order valence-electron chi connectivity index (χ3n) is 7.11. The summed E-state index contributed by atoms with van der Waals surface area (Å²) in [5.41, 5.74) is -0.756. The van der Waals surface area contributed by atoms with E-state index >= 15 is 0 Å². The van der Waals surface area contributed by atoms with E-state index in [-0.39, 0.29) is 42.6 Å². The summed E-state index contributed by atoms with van der Waals surface area (Å²) in [6.07, 6.45) is 0.534. The number of allylic oxidation sites excluding steroid dienone is 1. The molecule has 8 nitrogen and oxygen atoms in total. The first-order valence-corrected chi connectivity index (χ1v) is 16.1. The normalized spacial score (nSPS) is 16.7. The maximum absolute atomic E-state index is 13.8. The lowest BCUT2D eigenvalue weighted by atomic mass is 9.94. The SMILES string of the molecule is CN(C[C@H](O)CNC(C)(C)CCCC1C=CSC1)S(=O)(=O)c1cc(-c2ccc(CCC(=O)O)nc2)cc(C(F)(F)F)c1. The molecule has 1 unspecified atom stereocenters. The minimum atomic E-state index is -4.81. The molecule has 0 bridgehead atoms. The van der Waals surface area contributed by atoms with E-state index in [0.717, 1.165) is 41.5 Å². The Bertz CT molecular complexity index is 1350. The summed E-state index contributed by atoms with van der Waals surface area (Å²) in [5.74, 6) is 0.665. The van der Waals surface area contributed by atoms with Gasteiger partial charge in [0.2, 0.25) is 10.0 Å². The van der Waals surface area contributed by atoms with Gasteiger partial charge in [-0.1, -0.05) is 18.6 Å². The second-order valence-electron chi connectivity index (χ2n) is 11.2. The van der Waals surface area contributed by atoms with Crippen LogP contribution < -0.4 is 5.32 Å². The molecule has 0 amide bonds. The maximum Gasteiger partial charge on any atom is 0.416 e. The molecule has 1 aliphatic rings. The average molecular weight is 630 g/mol. The molecule has 1 aromatic heterocycles. The fourth-order valence-corrected chi connectivity index (χ4v) is 6.81. The van der Waals surface area contributed by atoms with Crippen molar-refractivity contribution < 1.29 is 36.6 Å². The molecular weight excluding hydrogens is 591 g/mol. The highest BCUT2D eigenvalue weighted by atomic mass is 32.2. The number of aliphatic carboxylic acids is 1. The van der Waals surface area contributed by atoms with Crippen LogP contribution in [0, 0.1) is 5.92 Å². The maximum atomic E-state index is 13.8. The van der Waals surface area contributed by atoms with Crippen LogP contribution in [0.15, 0.2) is 52.9 Å². The van der Waals surface area contributed by atoms with Gasteiger partial charge >= 0.3 is 12.1 Å². The number of carboxylic acid groups (broad SMARTS) is 1. The molecule has 0 aliphatic carbocycles. The van der Waals surface area contributed by atoms with E-state index in [2.05, 4.69) is 21.8 Å². The second-order valence-corrected chi connectivity index (χ2v) is 14.2. The number of benzene rings is 1. The Labute approximate surface area is 249 Å². The number of carboxylic acids is 1. The third-order valence-corrected chi connectivity index (χ3v) is 9.88. The number of pyridine rings is 1. The van der Waals surface area contributed by atoms with Crippen molar-refractivity contribution in [3.05, 3.63) is 59.3 Å². The minimum absolute atomic E-state index is 0.00950. The number of likely N-dealkylation sites (N-methyl/N-ethyl adjacent to an activating group) is 1. The molecule has 0 radical (unpaired) electrons. The van der Waals surface area contributed by atoms with Crippen LogP contribution in [0.1, 0.15) is 50.8 Å². The number of rotatable bonds is 15. The molecule has 42 heavy (non-hydrogen) atoms. The van der Waals surface area contributed by atoms with Crippen LogP contribution in [-0.2, 0) is 27.4 Å². The Hall–Kier alpha value is -2.45. The summed E-state index contributed by atoms with van der Waals surface area (Å²) in [4.78, 5) is 14.3. The monoisotopic (exact) mass is 629 g/mol. The summed E-state index contributed by atoms with van der Waals surface area (Å²) in [6, 6.07) is 5.53. The van der Waals surface area contributed by atoms with Crippen molar-refractivity contribution in [2.75, 3.05) is 25.9 Å². The van der Waals surface area contributed by atoms with Gasteiger partial charge in [0.1, 0.15) is 0 Å². The van der Waals surface area contributed by atoms with Gasteiger partial charge in [0.25, 0.3) is 0 Å². The van der Waals surface area contributed by atoms with Gasteiger partial charge in [-0.15, -0.1) is 11.8 Å². The molecule has 2 atom stereocenters. The highest BCUT2D eigenvalue weighted by Crippen LogP contribution is 2.35. The van der Waals surface area contributed by atoms with Crippen molar-refractivity contribution in [1.82, 2.24) is 14.6 Å². The number of sulfonamides is 1. The number of thioether (sulfide) groups is 1. The highest BCUT2D eigenvalue weighted by Gasteiger charge is 2.34. The van der Waals surface area contributed by atoms with E-state index in [0.29, 0.717) is 17.7 Å². The number of halogens is 3. The van der Waals surface area contributed by atoms with Crippen molar-refractivity contribution in [3.8, 4) is 11.1 Å². The Morgan fingerprint density at radius 3 is 2.55 bits per heavy atom. The van der Waals surface area contributed by atoms with Crippen LogP contribution in [0.3, 0.4) is 0 Å². The lowest BCUT2D eigenvalue weighted by molar-refractivity contribution is -0.138. The van der Waals surface area contributed by atoms with Crippen LogP contribution >= 0.6 is 11.8 Å². The smallest absolute Gasteiger partial charge is 0.416 e. The molecule has 13 heteroatoms. The molecule has 0 saturated heterocycles. The van der Waals surface area contributed by atoms with Crippen molar-refractivity contribution >= 4 is 27.8 Å². The lowest BCUT2D eigenvalue weighted by Crippen LogP contribution is -2.46. The topological polar surface area (TPSA) is 120 Å². The van der Waals surface area contributed by atoms with Crippen LogP contribution in [-0.4, -0.2) is 71.4 Å². The van der Waals surface area contributed by atoms with Crippen LogP contribution in [0.5, 0.6) is 0 Å². The van der Waals surface area contributed by atoms with Crippen LogP contribution in [0.25, 0.3) is 11.1 Å². The van der Waals surface area contributed by atoms with Gasteiger partial charge in [0.15, 0.2) is 0 Å². The summed E-state index contributed by atoms with van der Waals surface area (Å²) in [5, 5.41) is 24.8. The van der Waals surface area contributed by atoms with Gasteiger partial charge in [-0.2, -0.15) is 17.5 Å². The Morgan fingerprint density at radius 2 is 1.95 bits per heavy atom. The fraction of sp³-hybridized carbons (Fsp3) is 0.517. The van der Waals surface area contributed by atoms with Crippen molar-refractivity contribution in [3.63, 3.8) is 0 Å². The fourth-order valence-electron chi connectivity index (χ4n) is 4.57. The summed E-state index contributed by atoms with van der Waals surface area (Å²) in [6.45, 7) is 3.81. The standard InChI is InChI=1S/C29H38F3N3O5S2/c1-28(2,11-4-5-20-10-12-41-19-20)34-17-25(36)18-35(3)42(39,40)26-14-22(13-23(15-26)29(30,31)32)21-6-7-24(33-16-21)8-9-27(37)38/h6-7,10,12-16,20,25,34,36H,4-5,8-9,11,17-19H2,1-3H3,(H,37,38)/t20?,25-/m1/s1. The zero-order valence-electron chi connectivity index (χ0n) is 23.9. The third kappa shape index (κ3) is 10.1. The number of aryl methyl sites for hydroxylation is 1. The number of nitrogens with one attached hydrogen (secondary N) is 1. The lowest BCUT2D eigenvalue weighted by Gasteiger charge is -2.29. The molecule has 2 aromatic rings. The number of carbonyl (C=O) groups is 1. The van der Waals surface area contributed by atoms with Gasteiger partial charge in [-0.25, -0.2) is 8.42 Å². The molecule has 1 aliphatic heterocycles. The zero-order chi connectivity index (χ0) is 31.1. The quantitative estimate of drug-likeness (QED) is 0.247. The Balaban J connectivity index is 1.69. The van der Waals surface area contributed by atoms with Gasteiger partial charge in [-0.3, -0.25) is 9.78 Å². The van der Waals surface area contributed by atoms with Gasteiger partial charge < -0.3 is 15.5 Å². The van der Waals surface area contributed by atoms with Crippen molar-refractivity contribution in [2.24, 2.45) is 5.92 Å². The van der Waals surface area contributed by atoms with Crippen molar-refractivity contribution in [2.45, 2.75) is 68.7 Å². The number of aliphatic hydroxyl groups is 1. The van der Waals surface area contributed by atoms with Gasteiger partial charge in [-0.05, 0) is 67.8 Å². The second kappa shape index (κ2) is 14.3.